The van der Waals surface area contributed by atoms with Crippen LogP contribution in [0, 0.1) is 5.92 Å². The van der Waals surface area contributed by atoms with Crippen molar-refractivity contribution in [2.75, 3.05) is 20.6 Å². The van der Waals surface area contributed by atoms with E-state index in [4.69, 9.17) is 4.74 Å². The molecule has 1 aromatic rings. The van der Waals surface area contributed by atoms with Gasteiger partial charge in [-0.05, 0) is 39.9 Å². The Labute approximate surface area is 105 Å². The van der Waals surface area contributed by atoms with Gasteiger partial charge in [0, 0.05) is 12.5 Å². The van der Waals surface area contributed by atoms with Crippen molar-refractivity contribution in [1.29, 1.82) is 0 Å². The molecule has 2 nitrogen and oxygen atoms in total. The molecule has 2 heteroatoms. The summed E-state index contributed by atoms with van der Waals surface area (Å²) in [5, 5.41) is 0. The van der Waals surface area contributed by atoms with Crippen molar-refractivity contribution in [3.05, 3.63) is 35.9 Å². The summed E-state index contributed by atoms with van der Waals surface area (Å²) in [4.78, 5) is 2.25. The quantitative estimate of drug-likeness (QED) is 0.795. The molecule has 2 unspecified atom stereocenters. The topological polar surface area (TPSA) is 12.5 Å². The van der Waals surface area contributed by atoms with Crippen molar-refractivity contribution in [2.24, 2.45) is 5.92 Å². The predicted molar refractivity (Wildman–Crippen MR) is 71.0 cm³/mol. The lowest BCUT2D eigenvalue weighted by Crippen LogP contribution is -2.34. The fourth-order valence-electron chi connectivity index (χ4n) is 2.66. The first-order valence-electron chi connectivity index (χ1n) is 6.36. The van der Waals surface area contributed by atoms with Crippen LogP contribution in [0.2, 0.25) is 0 Å². The van der Waals surface area contributed by atoms with Gasteiger partial charge >= 0.3 is 0 Å². The van der Waals surface area contributed by atoms with Gasteiger partial charge in [-0.1, -0.05) is 30.3 Å². The second kappa shape index (κ2) is 4.79. The first-order valence-corrected chi connectivity index (χ1v) is 6.36. The van der Waals surface area contributed by atoms with E-state index in [2.05, 4.69) is 63.2 Å². The molecule has 1 saturated heterocycles. The van der Waals surface area contributed by atoms with E-state index in [-0.39, 0.29) is 11.7 Å². The molecular formula is C15H23NO. The van der Waals surface area contributed by atoms with Gasteiger partial charge in [-0.15, -0.1) is 0 Å². The number of nitrogens with zero attached hydrogens (tertiary/aromatic N) is 1. The van der Waals surface area contributed by atoms with E-state index >= 15 is 0 Å². The van der Waals surface area contributed by atoms with Crippen molar-refractivity contribution in [3.8, 4) is 0 Å². The monoisotopic (exact) mass is 233 g/mol. The number of rotatable bonds is 3. The Bertz CT molecular complexity index is 358. The lowest BCUT2D eigenvalue weighted by molar-refractivity contribution is -0.0355. The van der Waals surface area contributed by atoms with Crippen molar-refractivity contribution in [1.82, 2.24) is 4.90 Å². The second-order valence-electron chi connectivity index (χ2n) is 5.82. The minimum absolute atomic E-state index is 0.0230. The molecule has 1 aromatic carbocycles. The zero-order chi connectivity index (χ0) is 12.5. The highest BCUT2D eigenvalue weighted by Gasteiger charge is 2.41. The fourth-order valence-corrected chi connectivity index (χ4v) is 2.66. The fraction of sp³-hybridized carbons (Fsp3) is 0.600. The average Bonchev–Trinajstić information content (AvgIpc) is 2.55. The molecule has 0 radical (unpaired) electrons. The molecular weight excluding hydrogens is 210 g/mol. The van der Waals surface area contributed by atoms with Crippen LogP contribution in [-0.4, -0.2) is 31.1 Å². The van der Waals surface area contributed by atoms with Crippen LogP contribution in [0.15, 0.2) is 30.3 Å². The number of hydrogen-bond donors (Lipinski definition) is 0. The predicted octanol–water partition coefficient (Wildman–Crippen LogP) is 3.10. The summed E-state index contributed by atoms with van der Waals surface area (Å²) < 4.78 is 6.22. The first kappa shape index (κ1) is 12.6. The Morgan fingerprint density at radius 1 is 1.24 bits per heavy atom. The van der Waals surface area contributed by atoms with E-state index in [0.717, 1.165) is 13.0 Å². The van der Waals surface area contributed by atoms with Crippen LogP contribution in [0.1, 0.15) is 31.9 Å². The number of ether oxygens (including phenoxy) is 1. The third kappa shape index (κ3) is 2.88. The van der Waals surface area contributed by atoms with Crippen molar-refractivity contribution in [2.45, 2.75) is 32.0 Å². The molecule has 1 aliphatic heterocycles. The largest absolute Gasteiger partial charge is 0.367 e. The highest BCUT2D eigenvalue weighted by atomic mass is 16.5. The van der Waals surface area contributed by atoms with Crippen LogP contribution in [0.4, 0.5) is 0 Å². The Hall–Kier alpha value is -0.860. The summed E-state index contributed by atoms with van der Waals surface area (Å²) in [5.74, 6) is 0.600. The summed E-state index contributed by atoms with van der Waals surface area (Å²) >= 11 is 0. The molecule has 2 rings (SSSR count). The highest BCUT2D eigenvalue weighted by molar-refractivity contribution is 5.19. The van der Waals surface area contributed by atoms with Gasteiger partial charge in [-0.25, -0.2) is 0 Å². The Kier molecular flexibility index (Phi) is 3.55. The molecule has 1 fully saturated rings. The van der Waals surface area contributed by atoms with Gasteiger partial charge in [0.15, 0.2) is 0 Å². The van der Waals surface area contributed by atoms with Gasteiger partial charge in [-0.2, -0.15) is 0 Å². The normalized spacial score (nSPS) is 27.6. The zero-order valence-electron chi connectivity index (χ0n) is 11.3. The highest BCUT2D eigenvalue weighted by Crippen LogP contribution is 2.43. The minimum Gasteiger partial charge on any atom is -0.367 e. The van der Waals surface area contributed by atoms with E-state index in [1.807, 2.05) is 0 Å². The van der Waals surface area contributed by atoms with Crippen LogP contribution < -0.4 is 0 Å². The minimum atomic E-state index is -0.0230. The van der Waals surface area contributed by atoms with Gasteiger partial charge < -0.3 is 9.64 Å². The number of hydrogen-bond acceptors (Lipinski definition) is 2. The Morgan fingerprint density at radius 3 is 2.47 bits per heavy atom. The molecule has 0 bridgehead atoms. The molecule has 0 N–H and O–H groups in total. The van der Waals surface area contributed by atoms with Crippen LogP contribution in [0.5, 0.6) is 0 Å². The van der Waals surface area contributed by atoms with Gasteiger partial charge in [0.2, 0.25) is 0 Å². The third-order valence-corrected chi connectivity index (χ3v) is 3.68. The van der Waals surface area contributed by atoms with Gasteiger partial charge in [-0.3, -0.25) is 0 Å². The van der Waals surface area contributed by atoms with Crippen LogP contribution in [0.3, 0.4) is 0 Å². The van der Waals surface area contributed by atoms with Crippen molar-refractivity contribution >= 4 is 0 Å². The zero-order valence-corrected chi connectivity index (χ0v) is 11.3. The summed E-state index contributed by atoms with van der Waals surface area (Å²) in [5.41, 5.74) is 1.28. The molecule has 2 atom stereocenters. The lowest BCUT2D eigenvalue weighted by Gasteiger charge is -2.28. The smallest absolute Gasteiger partial charge is 0.0836 e. The SMILES string of the molecule is CN(C)CC1CC(c2ccccc2)OC1(C)C. The second-order valence-corrected chi connectivity index (χ2v) is 5.82. The van der Waals surface area contributed by atoms with Crippen molar-refractivity contribution < 1.29 is 4.74 Å². The molecule has 0 amide bonds. The molecule has 1 heterocycles. The van der Waals surface area contributed by atoms with Crippen molar-refractivity contribution in [3.63, 3.8) is 0 Å². The molecule has 0 spiro atoms. The maximum Gasteiger partial charge on any atom is 0.0836 e. The van der Waals surface area contributed by atoms with Gasteiger partial charge in [0.05, 0.1) is 11.7 Å². The van der Waals surface area contributed by atoms with E-state index in [1.54, 1.807) is 0 Å². The van der Waals surface area contributed by atoms with Gasteiger partial charge in [0.25, 0.3) is 0 Å². The molecule has 17 heavy (non-hydrogen) atoms. The molecule has 0 saturated carbocycles. The number of benzene rings is 1. The summed E-state index contributed by atoms with van der Waals surface area (Å²) in [6.45, 7) is 5.52. The van der Waals surface area contributed by atoms with E-state index < -0.39 is 0 Å². The van der Waals surface area contributed by atoms with Crippen LogP contribution >= 0.6 is 0 Å². The Morgan fingerprint density at radius 2 is 1.88 bits per heavy atom. The molecule has 94 valence electrons. The van der Waals surface area contributed by atoms with E-state index in [1.165, 1.54) is 5.56 Å². The molecule has 0 aliphatic carbocycles. The van der Waals surface area contributed by atoms with Crippen LogP contribution in [-0.2, 0) is 4.74 Å². The maximum atomic E-state index is 6.22. The summed E-state index contributed by atoms with van der Waals surface area (Å²) in [6, 6.07) is 10.6. The summed E-state index contributed by atoms with van der Waals surface area (Å²) in [7, 11) is 4.26. The lowest BCUT2D eigenvalue weighted by atomic mass is 9.88. The molecule has 1 aliphatic rings. The van der Waals surface area contributed by atoms with Gasteiger partial charge in [0.1, 0.15) is 0 Å². The maximum absolute atomic E-state index is 6.22. The molecule has 0 aromatic heterocycles. The third-order valence-electron chi connectivity index (χ3n) is 3.68. The van der Waals surface area contributed by atoms with Crippen LogP contribution in [0.25, 0.3) is 0 Å². The average molecular weight is 233 g/mol. The standard InChI is InChI=1S/C15H23NO/c1-15(2)13(11-16(3)4)10-14(17-15)12-8-6-5-7-9-12/h5-9,13-14H,10-11H2,1-4H3. The first-order chi connectivity index (χ1) is 7.99. The van der Waals surface area contributed by atoms with E-state index in [0.29, 0.717) is 5.92 Å². The Balaban J connectivity index is 2.10. The van der Waals surface area contributed by atoms with E-state index in [9.17, 15) is 0 Å². The summed E-state index contributed by atoms with van der Waals surface area (Å²) in [6.07, 6.45) is 1.38.